The number of benzene rings is 2. The van der Waals surface area contributed by atoms with Crippen LogP contribution in [-0.4, -0.2) is 31.7 Å². The van der Waals surface area contributed by atoms with E-state index in [2.05, 4.69) is 17.2 Å². The Labute approximate surface area is 176 Å². The van der Waals surface area contributed by atoms with E-state index in [1.54, 1.807) is 20.3 Å². The van der Waals surface area contributed by atoms with Crippen molar-refractivity contribution in [2.24, 2.45) is 0 Å². The Morgan fingerprint density at radius 3 is 2.41 bits per heavy atom. The van der Waals surface area contributed by atoms with Crippen molar-refractivity contribution >= 4 is 28.3 Å². The lowest BCUT2D eigenvalue weighted by atomic mass is 10.0. The highest BCUT2D eigenvalue weighted by Crippen LogP contribution is 2.34. The predicted molar refractivity (Wildman–Crippen MR) is 116 cm³/mol. The Balaban J connectivity index is 2.08. The Morgan fingerprint density at radius 1 is 1.07 bits per heavy atom. The van der Waals surface area contributed by atoms with Gasteiger partial charge >= 0.3 is 0 Å². The van der Waals surface area contributed by atoms with Crippen molar-refractivity contribution in [2.75, 3.05) is 20.8 Å². The standard InChI is InChI=1S/C23H25ClN2O3/c1-4-5-10-25-23(27)20-12-16-13-21(28-2)22(29-3)14-18(16)19(26-20)11-15-6-8-17(24)9-7-15/h6-9,12-14H,4-5,10-11H2,1-3H3,(H,25,27). The minimum atomic E-state index is -0.174. The summed E-state index contributed by atoms with van der Waals surface area (Å²) in [4.78, 5) is 17.3. The quantitative estimate of drug-likeness (QED) is 0.527. The third-order valence-electron chi connectivity index (χ3n) is 4.75. The second kappa shape index (κ2) is 9.61. The van der Waals surface area contributed by atoms with E-state index in [-0.39, 0.29) is 5.91 Å². The first-order chi connectivity index (χ1) is 14.0. The van der Waals surface area contributed by atoms with E-state index in [1.165, 1.54) is 0 Å². The van der Waals surface area contributed by atoms with Crippen LogP contribution in [0.2, 0.25) is 5.02 Å². The molecule has 29 heavy (non-hydrogen) atoms. The average molecular weight is 413 g/mol. The second-order valence-corrected chi connectivity index (χ2v) is 7.23. The van der Waals surface area contributed by atoms with Crippen molar-refractivity contribution in [3.63, 3.8) is 0 Å². The first-order valence-corrected chi connectivity index (χ1v) is 10.0. The molecular weight excluding hydrogens is 388 g/mol. The summed E-state index contributed by atoms with van der Waals surface area (Å²) in [5.74, 6) is 1.06. The Morgan fingerprint density at radius 2 is 1.76 bits per heavy atom. The number of pyridine rings is 1. The molecule has 0 saturated carbocycles. The van der Waals surface area contributed by atoms with Crippen molar-refractivity contribution in [1.29, 1.82) is 0 Å². The van der Waals surface area contributed by atoms with Gasteiger partial charge in [-0.25, -0.2) is 4.98 Å². The molecule has 1 heterocycles. The summed E-state index contributed by atoms with van der Waals surface area (Å²) in [5.41, 5.74) is 2.25. The predicted octanol–water partition coefficient (Wildman–Crippen LogP) is 5.03. The van der Waals surface area contributed by atoms with Crippen molar-refractivity contribution in [2.45, 2.75) is 26.2 Å². The number of methoxy groups -OCH3 is 2. The summed E-state index contributed by atoms with van der Waals surface area (Å²) in [5, 5.41) is 5.42. The van der Waals surface area contributed by atoms with Gasteiger partial charge in [-0.15, -0.1) is 0 Å². The SMILES string of the molecule is CCCCNC(=O)c1cc2cc(OC)c(OC)cc2c(Cc2ccc(Cl)cc2)n1. The number of unbranched alkanes of at least 4 members (excludes halogenated alkanes) is 1. The number of aromatic nitrogens is 1. The number of ether oxygens (including phenoxy) is 2. The van der Waals surface area contributed by atoms with Gasteiger partial charge in [-0.1, -0.05) is 37.1 Å². The molecule has 0 saturated heterocycles. The summed E-state index contributed by atoms with van der Waals surface area (Å²) >= 11 is 6.01. The largest absolute Gasteiger partial charge is 0.493 e. The molecule has 1 N–H and O–H groups in total. The Hall–Kier alpha value is -2.79. The van der Waals surface area contributed by atoms with Gasteiger partial charge in [0.15, 0.2) is 11.5 Å². The van der Waals surface area contributed by atoms with Gasteiger partial charge < -0.3 is 14.8 Å². The second-order valence-electron chi connectivity index (χ2n) is 6.80. The van der Waals surface area contributed by atoms with E-state index >= 15 is 0 Å². The lowest BCUT2D eigenvalue weighted by Gasteiger charge is -2.14. The van der Waals surface area contributed by atoms with E-state index in [4.69, 9.17) is 21.1 Å². The molecule has 0 spiro atoms. The van der Waals surface area contributed by atoms with Crippen LogP contribution in [0.25, 0.3) is 10.8 Å². The fourth-order valence-corrected chi connectivity index (χ4v) is 3.29. The molecule has 0 atom stereocenters. The third-order valence-corrected chi connectivity index (χ3v) is 5.00. The summed E-state index contributed by atoms with van der Waals surface area (Å²) in [7, 11) is 3.20. The van der Waals surface area contributed by atoms with Crippen molar-refractivity contribution < 1.29 is 14.3 Å². The summed E-state index contributed by atoms with van der Waals surface area (Å²) in [6.07, 6.45) is 2.52. The maximum absolute atomic E-state index is 12.6. The molecule has 1 aromatic heterocycles. The smallest absolute Gasteiger partial charge is 0.269 e. The highest BCUT2D eigenvalue weighted by Gasteiger charge is 2.16. The molecule has 0 aliphatic carbocycles. The molecule has 152 valence electrons. The van der Waals surface area contributed by atoms with Gasteiger partial charge in [-0.2, -0.15) is 0 Å². The topological polar surface area (TPSA) is 60.5 Å². The highest BCUT2D eigenvalue weighted by atomic mass is 35.5. The normalized spacial score (nSPS) is 10.8. The average Bonchev–Trinajstić information content (AvgIpc) is 2.74. The highest BCUT2D eigenvalue weighted by molar-refractivity contribution is 6.30. The monoisotopic (exact) mass is 412 g/mol. The zero-order chi connectivity index (χ0) is 20.8. The van der Waals surface area contributed by atoms with Crippen molar-refractivity contribution in [3.05, 3.63) is 64.4 Å². The summed E-state index contributed by atoms with van der Waals surface area (Å²) in [6.45, 7) is 2.72. The number of carbonyl (C=O) groups is 1. The zero-order valence-electron chi connectivity index (χ0n) is 16.9. The van der Waals surface area contributed by atoms with Gasteiger partial charge in [0, 0.05) is 23.4 Å². The van der Waals surface area contributed by atoms with E-state index in [0.29, 0.717) is 35.2 Å². The number of fused-ring (bicyclic) bond motifs is 1. The molecule has 2 aromatic carbocycles. The van der Waals surface area contributed by atoms with Crippen LogP contribution in [-0.2, 0) is 6.42 Å². The molecule has 6 heteroatoms. The Kier molecular flexibility index (Phi) is 6.94. The van der Waals surface area contributed by atoms with E-state index in [0.717, 1.165) is 34.9 Å². The number of amides is 1. The number of hydrogen-bond donors (Lipinski definition) is 1. The number of nitrogens with zero attached hydrogens (tertiary/aromatic N) is 1. The van der Waals surface area contributed by atoms with Gasteiger partial charge in [0.2, 0.25) is 0 Å². The van der Waals surface area contributed by atoms with Crippen LogP contribution in [0.5, 0.6) is 11.5 Å². The Bertz CT molecular complexity index is 1000. The van der Waals surface area contributed by atoms with Crippen LogP contribution < -0.4 is 14.8 Å². The van der Waals surface area contributed by atoms with E-state index in [1.807, 2.05) is 36.4 Å². The molecule has 0 bridgehead atoms. The maximum atomic E-state index is 12.6. The number of nitrogens with one attached hydrogen (secondary N) is 1. The molecule has 0 aliphatic heterocycles. The number of halogens is 1. The molecule has 1 amide bonds. The first kappa shape index (κ1) is 20.9. The van der Waals surface area contributed by atoms with Crippen molar-refractivity contribution in [1.82, 2.24) is 10.3 Å². The molecule has 0 unspecified atom stereocenters. The third kappa shape index (κ3) is 4.98. The summed E-state index contributed by atoms with van der Waals surface area (Å²) < 4.78 is 10.9. The molecule has 3 rings (SSSR count). The lowest BCUT2D eigenvalue weighted by Crippen LogP contribution is -2.25. The van der Waals surface area contributed by atoms with Gasteiger partial charge in [0.05, 0.1) is 19.9 Å². The van der Waals surface area contributed by atoms with Crippen LogP contribution in [0.15, 0.2) is 42.5 Å². The summed E-state index contributed by atoms with van der Waals surface area (Å²) in [6, 6.07) is 13.2. The minimum Gasteiger partial charge on any atom is -0.493 e. The number of rotatable bonds is 8. The first-order valence-electron chi connectivity index (χ1n) is 9.64. The fourth-order valence-electron chi connectivity index (χ4n) is 3.17. The van der Waals surface area contributed by atoms with Crippen molar-refractivity contribution in [3.8, 4) is 11.5 Å². The molecule has 0 aliphatic rings. The minimum absolute atomic E-state index is 0.174. The van der Waals surface area contributed by atoms with Crippen LogP contribution in [0.4, 0.5) is 0 Å². The molecule has 0 fully saturated rings. The molecular formula is C23H25ClN2O3. The van der Waals surface area contributed by atoms with Crippen LogP contribution >= 0.6 is 11.6 Å². The fraction of sp³-hybridized carbons (Fsp3) is 0.304. The van der Waals surface area contributed by atoms with Gasteiger partial charge in [0.25, 0.3) is 5.91 Å². The van der Waals surface area contributed by atoms with Crippen LogP contribution in [0.1, 0.15) is 41.5 Å². The molecule has 0 radical (unpaired) electrons. The maximum Gasteiger partial charge on any atom is 0.269 e. The molecule has 3 aromatic rings. The van der Waals surface area contributed by atoms with Crippen LogP contribution in [0.3, 0.4) is 0 Å². The number of carbonyl (C=O) groups excluding carboxylic acids is 1. The van der Waals surface area contributed by atoms with E-state index in [9.17, 15) is 4.79 Å². The number of hydrogen-bond acceptors (Lipinski definition) is 4. The van der Waals surface area contributed by atoms with Gasteiger partial charge in [0.1, 0.15) is 5.69 Å². The lowest BCUT2D eigenvalue weighted by molar-refractivity contribution is 0.0948. The molecule has 5 nitrogen and oxygen atoms in total. The van der Waals surface area contributed by atoms with E-state index < -0.39 is 0 Å². The van der Waals surface area contributed by atoms with Gasteiger partial charge in [-0.3, -0.25) is 4.79 Å². The van der Waals surface area contributed by atoms with Gasteiger partial charge in [-0.05, 0) is 47.7 Å². The van der Waals surface area contributed by atoms with Crippen LogP contribution in [0, 0.1) is 0 Å². The zero-order valence-corrected chi connectivity index (χ0v) is 17.7.